The Morgan fingerprint density at radius 3 is 2.57 bits per heavy atom. The van der Waals surface area contributed by atoms with Crippen LogP contribution in [0, 0.1) is 6.92 Å². The monoisotopic (exact) mass is 187 g/mol. The van der Waals surface area contributed by atoms with Crippen LogP contribution in [0.25, 0.3) is 6.08 Å². The first kappa shape index (κ1) is 9.47. The molecule has 1 nitrogen and oxygen atoms in total. The summed E-state index contributed by atoms with van der Waals surface area (Å²) >= 11 is 0. The topological polar surface area (TPSA) is 12.0 Å². The molecule has 1 fully saturated rings. The SMILES string of the molecule is Cc1ccccc1C=C1CCNCC1. The van der Waals surface area contributed by atoms with Crippen molar-refractivity contribution in [2.24, 2.45) is 0 Å². The van der Waals surface area contributed by atoms with E-state index in [-0.39, 0.29) is 0 Å². The first-order valence-corrected chi connectivity index (χ1v) is 5.32. The molecule has 14 heavy (non-hydrogen) atoms. The summed E-state index contributed by atoms with van der Waals surface area (Å²) in [4.78, 5) is 0. The van der Waals surface area contributed by atoms with Gasteiger partial charge in [-0.1, -0.05) is 35.9 Å². The van der Waals surface area contributed by atoms with E-state index in [0.717, 1.165) is 13.1 Å². The largest absolute Gasteiger partial charge is 0.316 e. The van der Waals surface area contributed by atoms with Crippen molar-refractivity contribution < 1.29 is 0 Å². The normalized spacial score (nSPS) is 16.8. The highest BCUT2D eigenvalue weighted by Gasteiger charge is 2.04. The molecule has 0 bridgehead atoms. The summed E-state index contributed by atoms with van der Waals surface area (Å²) in [6.45, 7) is 4.45. The molecule has 0 aliphatic carbocycles. The molecule has 0 radical (unpaired) electrons. The fourth-order valence-electron chi connectivity index (χ4n) is 1.86. The third-order valence-electron chi connectivity index (χ3n) is 2.79. The number of rotatable bonds is 1. The van der Waals surface area contributed by atoms with Crippen LogP contribution in [0.3, 0.4) is 0 Å². The molecule has 0 saturated carbocycles. The van der Waals surface area contributed by atoms with Crippen LogP contribution in [0.2, 0.25) is 0 Å². The highest BCUT2D eigenvalue weighted by atomic mass is 14.9. The summed E-state index contributed by atoms with van der Waals surface area (Å²) in [5, 5.41) is 3.37. The van der Waals surface area contributed by atoms with Crippen molar-refractivity contribution >= 4 is 6.08 Å². The Morgan fingerprint density at radius 2 is 1.86 bits per heavy atom. The summed E-state index contributed by atoms with van der Waals surface area (Å²) in [6.07, 6.45) is 4.76. The minimum Gasteiger partial charge on any atom is -0.316 e. The first-order chi connectivity index (χ1) is 6.86. The van der Waals surface area contributed by atoms with Crippen LogP contribution < -0.4 is 5.32 Å². The Bertz CT molecular complexity index is 331. The lowest BCUT2D eigenvalue weighted by Crippen LogP contribution is -2.22. The molecule has 0 unspecified atom stereocenters. The molecule has 1 aliphatic rings. The maximum Gasteiger partial charge on any atom is -0.00113 e. The van der Waals surface area contributed by atoms with Crippen molar-refractivity contribution in [1.82, 2.24) is 5.32 Å². The molecule has 0 atom stereocenters. The van der Waals surface area contributed by atoms with Gasteiger partial charge in [0.25, 0.3) is 0 Å². The van der Waals surface area contributed by atoms with E-state index in [1.807, 2.05) is 0 Å². The summed E-state index contributed by atoms with van der Waals surface area (Å²) < 4.78 is 0. The van der Waals surface area contributed by atoms with Crippen LogP contribution in [0.1, 0.15) is 24.0 Å². The highest BCUT2D eigenvalue weighted by Crippen LogP contribution is 2.17. The molecule has 1 aromatic rings. The molecule has 0 spiro atoms. The van der Waals surface area contributed by atoms with E-state index < -0.39 is 0 Å². The minimum atomic E-state index is 1.14. The van der Waals surface area contributed by atoms with Gasteiger partial charge in [0.2, 0.25) is 0 Å². The smallest absolute Gasteiger partial charge is 0.00113 e. The third-order valence-corrected chi connectivity index (χ3v) is 2.79. The number of hydrogen-bond acceptors (Lipinski definition) is 1. The van der Waals surface area contributed by atoms with Crippen LogP contribution >= 0.6 is 0 Å². The number of aryl methyl sites for hydroxylation is 1. The second kappa shape index (κ2) is 4.43. The van der Waals surface area contributed by atoms with Gasteiger partial charge in [0, 0.05) is 0 Å². The van der Waals surface area contributed by atoms with Gasteiger partial charge in [0.15, 0.2) is 0 Å². The predicted octanol–water partition coefficient (Wildman–Crippen LogP) is 2.76. The van der Waals surface area contributed by atoms with Gasteiger partial charge in [0.1, 0.15) is 0 Å². The second-order valence-corrected chi connectivity index (χ2v) is 3.91. The molecule has 1 aliphatic heterocycles. The highest BCUT2D eigenvalue weighted by molar-refractivity contribution is 5.56. The van der Waals surface area contributed by atoms with Gasteiger partial charge in [-0.3, -0.25) is 0 Å². The molecule has 74 valence electrons. The van der Waals surface area contributed by atoms with Crippen LogP contribution in [-0.2, 0) is 0 Å². The van der Waals surface area contributed by atoms with Gasteiger partial charge in [0.05, 0.1) is 0 Å². The molecule has 0 amide bonds. The molecule has 1 heterocycles. The molecule has 1 heteroatoms. The molecule has 1 N–H and O–H groups in total. The third kappa shape index (κ3) is 2.24. The lowest BCUT2D eigenvalue weighted by molar-refractivity contribution is 0.613. The van der Waals surface area contributed by atoms with Crippen LogP contribution in [0.15, 0.2) is 29.8 Å². The van der Waals surface area contributed by atoms with Crippen molar-refractivity contribution in [2.45, 2.75) is 19.8 Å². The molecule has 1 aromatic carbocycles. The fraction of sp³-hybridized carbons (Fsp3) is 0.385. The van der Waals surface area contributed by atoms with Crippen LogP contribution in [0.4, 0.5) is 0 Å². The van der Waals surface area contributed by atoms with Gasteiger partial charge >= 0.3 is 0 Å². The average molecular weight is 187 g/mol. The van der Waals surface area contributed by atoms with Crippen molar-refractivity contribution in [3.8, 4) is 0 Å². The van der Waals surface area contributed by atoms with Gasteiger partial charge in [-0.2, -0.15) is 0 Å². The second-order valence-electron chi connectivity index (χ2n) is 3.91. The molecule has 1 saturated heterocycles. The van der Waals surface area contributed by atoms with Gasteiger partial charge in [-0.05, 0) is 44.0 Å². The molecular formula is C13H17N. The van der Waals surface area contributed by atoms with Crippen molar-refractivity contribution in [3.63, 3.8) is 0 Å². The number of benzene rings is 1. The molecule has 2 rings (SSSR count). The maximum absolute atomic E-state index is 3.37. The summed E-state index contributed by atoms with van der Waals surface area (Å²) in [6, 6.07) is 8.58. The Hall–Kier alpha value is -1.08. The number of nitrogens with one attached hydrogen (secondary N) is 1. The summed E-state index contributed by atoms with van der Waals surface area (Å²) in [7, 11) is 0. The Kier molecular flexibility index (Phi) is 3.00. The van der Waals surface area contributed by atoms with E-state index in [0.29, 0.717) is 0 Å². The van der Waals surface area contributed by atoms with Gasteiger partial charge < -0.3 is 5.32 Å². The van der Waals surface area contributed by atoms with Crippen molar-refractivity contribution in [1.29, 1.82) is 0 Å². The maximum atomic E-state index is 3.37. The van der Waals surface area contributed by atoms with Gasteiger partial charge in [-0.25, -0.2) is 0 Å². The quantitative estimate of drug-likeness (QED) is 0.713. The lowest BCUT2D eigenvalue weighted by atomic mass is 10.00. The van der Waals surface area contributed by atoms with Crippen LogP contribution in [0.5, 0.6) is 0 Å². The fourth-order valence-corrected chi connectivity index (χ4v) is 1.86. The predicted molar refractivity (Wildman–Crippen MR) is 61.3 cm³/mol. The zero-order valence-corrected chi connectivity index (χ0v) is 8.72. The summed E-state index contributed by atoms with van der Waals surface area (Å²) in [5.41, 5.74) is 4.33. The van der Waals surface area contributed by atoms with E-state index in [9.17, 15) is 0 Å². The first-order valence-electron chi connectivity index (χ1n) is 5.32. The lowest BCUT2D eigenvalue weighted by Gasteiger charge is -2.15. The van der Waals surface area contributed by atoms with E-state index in [4.69, 9.17) is 0 Å². The van der Waals surface area contributed by atoms with E-state index in [2.05, 4.69) is 42.6 Å². The Balaban J connectivity index is 2.19. The van der Waals surface area contributed by atoms with Gasteiger partial charge in [-0.15, -0.1) is 0 Å². The van der Waals surface area contributed by atoms with Crippen molar-refractivity contribution in [3.05, 3.63) is 41.0 Å². The standard InChI is InChI=1S/C13H17N/c1-11-4-2-3-5-13(11)10-12-6-8-14-9-7-12/h2-5,10,14H,6-9H2,1H3. The Labute approximate surface area is 85.8 Å². The summed E-state index contributed by atoms with van der Waals surface area (Å²) in [5.74, 6) is 0. The number of piperidine rings is 1. The number of hydrogen-bond donors (Lipinski definition) is 1. The minimum absolute atomic E-state index is 1.14. The van der Waals surface area contributed by atoms with E-state index >= 15 is 0 Å². The average Bonchev–Trinajstić information content (AvgIpc) is 2.23. The zero-order valence-electron chi connectivity index (χ0n) is 8.72. The van der Waals surface area contributed by atoms with Crippen molar-refractivity contribution in [2.75, 3.05) is 13.1 Å². The van der Waals surface area contributed by atoms with Crippen LogP contribution in [-0.4, -0.2) is 13.1 Å². The van der Waals surface area contributed by atoms with E-state index in [1.165, 1.54) is 24.0 Å². The van der Waals surface area contributed by atoms with E-state index in [1.54, 1.807) is 5.57 Å². The molecule has 0 aromatic heterocycles. The zero-order chi connectivity index (χ0) is 9.80. The Morgan fingerprint density at radius 1 is 1.14 bits per heavy atom. The molecular weight excluding hydrogens is 170 g/mol.